The lowest BCUT2D eigenvalue weighted by Crippen LogP contribution is -2.13. The van der Waals surface area contributed by atoms with Crippen molar-refractivity contribution in [2.75, 3.05) is 17.2 Å². The Balaban J connectivity index is 1.42. The number of H-pyrrole nitrogens is 1. The van der Waals surface area contributed by atoms with Crippen molar-refractivity contribution in [1.82, 2.24) is 29.5 Å². The van der Waals surface area contributed by atoms with E-state index in [1.54, 1.807) is 10.7 Å². The average molecular weight is 413 g/mol. The number of aromatic amines is 1. The number of nitrogens with one attached hydrogen (secondary N) is 3. The van der Waals surface area contributed by atoms with Gasteiger partial charge in [0.2, 0.25) is 11.9 Å². The third-order valence-electron chi connectivity index (χ3n) is 4.42. The van der Waals surface area contributed by atoms with E-state index in [-0.39, 0.29) is 0 Å². The summed E-state index contributed by atoms with van der Waals surface area (Å²) in [4.78, 5) is 17.0. The maximum atomic E-state index is 4.59. The van der Waals surface area contributed by atoms with Crippen molar-refractivity contribution in [3.63, 3.8) is 0 Å². The lowest BCUT2D eigenvalue weighted by Gasteiger charge is -2.09. The van der Waals surface area contributed by atoms with Crippen molar-refractivity contribution in [3.05, 3.63) is 40.8 Å². The fourth-order valence-electron chi connectivity index (χ4n) is 2.85. The Hall–Kier alpha value is -2.68. The van der Waals surface area contributed by atoms with E-state index < -0.39 is 0 Å². The first-order valence-electron chi connectivity index (χ1n) is 8.59. The molecule has 5 rings (SSSR count). The second kappa shape index (κ2) is 6.24. The van der Waals surface area contributed by atoms with E-state index in [4.69, 9.17) is 0 Å². The Bertz CT molecular complexity index is 1050. The maximum absolute atomic E-state index is 4.59. The van der Waals surface area contributed by atoms with Gasteiger partial charge in [-0.2, -0.15) is 19.6 Å². The van der Waals surface area contributed by atoms with Gasteiger partial charge in [0.25, 0.3) is 0 Å². The van der Waals surface area contributed by atoms with Gasteiger partial charge in [0.1, 0.15) is 5.82 Å². The van der Waals surface area contributed by atoms with Crippen molar-refractivity contribution in [1.29, 1.82) is 0 Å². The highest BCUT2D eigenvalue weighted by molar-refractivity contribution is 9.10. The van der Waals surface area contributed by atoms with Crippen LogP contribution in [-0.4, -0.2) is 36.1 Å². The highest BCUT2D eigenvalue weighted by Crippen LogP contribution is 2.29. The van der Waals surface area contributed by atoms with Crippen LogP contribution in [0.3, 0.4) is 0 Å². The molecule has 0 saturated heterocycles. The smallest absolute Gasteiger partial charge is 0.229 e. The number of rotatable bonds is 6. The number of hydrogen-bond acceptors (Lipinski definition) is 6. The lowest BCUT2D eigenvalue weighted by atomic mass is 10.3. The minimum Gasteiger partial charge on any atom is -0.354 e. The normalized spacial score (nSPS) is 14.2. The highest BCUT2D eigenvalue weighted by atomic mass is 79.9. The summed E-state index contributed by atoms with van der Waals surface area (Å²) in [6, 6.07) is 7.97. The van der Waals surface area contributed by atoms with Crippen LogP contribution in [0.1, 0.15) is 18.7 Å². The summed E-state index contributed by atoms with van der Waals surface area (Å²) in [5.41, 5.74) is 2.70. The van der Waals surface area contributed by atoms with Gasteiger partial charge in [-0.15, -0.1) is 0 Å². The molecule has 0 spiro atoms. The molecule has 4 aromatic rings. The van der Waals surface area contributed by atoms with Crippen molar-refractivity contribution in [2.24, 2.45) is 5.92 Å². The first kappa shape index (κ1) is 15.6. The predicted molar refractivity (Wildman–Crippen MR) is 103 cm³/mol. The van der Waals surface area contributed by atoms with Crippen LogP contribution in [0.2, 0.25) is 0 Å². The lowest BCUT2D eigenvalue weighted by molar-refractivity contribution is 0.844. The topological polar surface area (TPSA) is 95.8 Å². The number of nitrogens with zero attached hydrogens (tertiary/aromatic N) is 5. The molecular formula is C17H17BrN8. The molecule has 0 amide bonds. The first-order chi connectivity index (χ1) is 12.8. The Morgan fingerprint density at radius 3 is 2.88 bits per heavy atom. The van der Waals surface area contributed by atoms with E-state index in [1.807, 2.05) is 24.3 Å². The van der Waals surface area contributed by atoms with Gasteiger partial charge in [-0.25, -0.2) is 4.98 Å². The minimum atomic E-state index is 0.514. The van der Waals surface area contributed by atoms with Gasteiger partial charge in [-0.05, 0) is 46.8 Å². The summed E-state index contributed by atoms with van der Waals surface area (Å²) in [5.74, 6) is 2.82. The van der Waals surface area contributed by atoms with Gasteiger partial charge >= 0.3 is 0 Å². The zero-order valence-electron chi connectivity index (χ0n) is 13.9. The molecule has 0 bridgehead atoms. The number of halogens is 1. The molecule has 8 nitrogen and oxygen atoms in total. The number of benzene rings is 1. The molecule has 1 aliphatic rings. The van der Waals surface area contributed by atoms with Gasteiger partial charge in [-0.3, -0.25) is 0 Å². The van der Waals surface area contributed by atoms with Crippen molar-refractivity contribution in [3.8, 4) is 0 Å². The predicted octanol–water partition coefficient (Wildman–Crippen LogP) is 3.20. The van der Waals surface area contributed by atoms with Crippen molar-refractivity contribution >= 4 is 44.5 Å². The van der Waals surface area contributed by atoms with E-state index in [1.165, 1.54) is 12.8 Å². The number of fused-ring (bicyclic) bond motifs is 2. The molecule has 0 unspecified atom stereocenters. The molecule has 3 N–H and O–H groups in total. The SMILES string of the molecule is Brc1cnn2c(NCc3nc4ccccc4[nH]3)nc(NCC3CC3)nc12. The summed E-state index contributed by atoms with van der Waals surface area (Å²) < 4.78 is 2.52. The molecule has 26 heavy (non-hydrogen) atoms. The van der Waals surface area contributed by atoms with Gasteiger partial charge in [-0.1, -0.05) is 12.1 Å². The molecule has 3 aromatic heterocycles. The summed E-state index contributed by atoms with van der Waals surface area (Å²) in [6.07, 6.45) is 4.28. The van der Waals surface area contributed by atoms with Gasteiger partial charge in [0.15, 0.2) is 5.65 Å². The molecule has 9 heteroatoms. The van der Waals surface area contributed by atoms with E-state index in [2.05, 4.69) is 51.6 Å². The van der Waals surface area contributed by atoms with Crippen LogP contribution in [0.5, 0.6) is 0 Å². The molecule has 1 aliphatic carbocycles. The van der Waals surface area contributed by atoms with Crippen LogP contribution in [-0.2, 0) is 6.54 Å². The van der Waals surface area contributed by atoms with E-state index in [0.29, 0.717) is 18.4 Å². The number of hydrogen-bond donors (Lipinski definition) is 3. The summed E-state index contributed by atoms with van der Waals surface area (Å²) >= 11 is 3.50. The number of aromatic nitrogens is 6. The van der Waals surface area contributed by atoms with Gasteiger partial charge in [0.05, 0.1) is 28.2 Å². The van der Waals surface area contributed by atoms with E-state index in [9.17, 15) is 0 Å². The Kier molecular flexibility index (Phi) is 3.74. The van der Waals surface area contributed by atoms with Crippen LogP contribution in [0.4, 0.5) is 11.9 Å². The second-order valence-corrected chi connectivity index (χ2v) is 7.33. The molecular weight excluding hydrogens is 396 g/mol. The monoisotopic (exact) mass is 412 g/mol. The summed E-state index contributed by atoms with van der Waals surface area (Å²) in [5, 5.41) is 11.0. The van der Waals surface area contributed by atoms with E-state index in [0.717, 1.165) is 39.4 Å². The molecule has 132 valence electrons. The Morgan fingerprint density at radius 2 is 2.04 bits per heavy atom. The van der Waals surface area contributed by atoms with Crippen molar-refractivity contribution < 1.29 is 0 Å². The molecule has 1 aromatic carbocycles. The fourth-order valence-corrected chi connectivity index (χ4v) is 3.20. The highest BCUT2D eigenvalue weighted by Gasteiger charge is 2.21. The zero-order chi connectivity index (χ0) is 17.5. The number of anilines is 2. The zero-order valence-corrected chi connectivity index (χ0v) is 15.5. The van der Waals surface area contributed by atoms with Gasteiger partial charge in [0, 0.05) is 6.54 Å². The average Bonchev–Trinajstić information content (AvgIpc) is 3.28. The minimum absolute atomic E-state index is 0.514. The van der Waals surface area contributed by atoms with Crippen LogP contribution in [0.25, 0.3) is 16.7 Å². The molecule has 3 heterocycles. The summed E-state index contributed by atoms with van der Waals surface area (Å²) in [7, 11) is 0. The number of imidazole rings is 1. The molecule has 0 atom stereocenters. The third-order valence-corrected chi connectivity index (χ3v) is 4.98. The second-order valence-electron chi connectivity index (χ2n) is 6.48. The molecule has 0 radical (unpaired) electrons. The third kappa shape index (κ3) is 2.98. The Morgan fingerprint density at radius 1 is 1.15 bits per heavy atom. The van der Waals surface area contributed by atoms with Crippen LogP contribution in [0, 0.1) is 5.92 Å². The van der Waals surface area contributed by atoms with Gasteiger partial charge < -0.3 is 15.6 Å². The quantitative estimate of drug-likeness (QED) is 0.449. The molecule has 1 fully saturated rings. The molecule has 1 saturated carbocycles. The van der Waals surface area contributed by atoms with Crippen LogP contribution in [0.15, 0.2) is 34.9 Å². The van der Waals surface area contributed by atoms with Crippen LogP contribution < -0.4 is 10.6 Å². The number of para-hydroxylation sites is 2. The first-order valence-corrected chi connectivity index (χ1v) is 9.38. The molecule has 0 aliphatic heterocycles. The van der Waals surface area contributed by atoms with E-state index >= 15 is 0 Å². The largest absolute Gasteiger partial charge is 0.354 e. The van der Waals surface area contributed by atoms with Crippen molar-refractivity contribution in [2.45, 2.75) is 19.4 Å². The Labute approximate surface area is 157 Å². The standard InChI is InChI=1S/C17H17BrN8/c18-11-8-21-26-15(11)24-16(19-7-10-5-6-10)25-17(26)20-9-14-22-12-3-1-2-4-13(12)23-14/h1-4,8,10H,5-7,9H2,(H,22,23)(H2,19,20,24,25). The van der Waals surface area contributed by atoms with Crippen LogP contribution >= 0.6 is 15.9 Å². The fraction of sp³-hybridized carbons (Fsp3) is 0.294. The maximum Gasteiger partial charge on any atom is 0.229 e. The summed E-state index contributed by atoms with van der Waals surface area (Å²) in [6.45, 7) is 1.42.